The molecule has 0 bridgehead atoms. The third-order valence-corrected chi connectivity index (χ3v) is 3.82. The molecule has 0 unspecified atom stereocenters. The summed E-state index contributed by atoms with van der Waals surface area (Å²) < 4.78 is 14.3. The molecule has 0 aromatic heterocycles. The summed E-state index contributed by atoms with van der Waals surface area (Å²) in [5.41, 5.74) is 2.12. The third-order valence-electron chi connectivity index (χ3n) is 3.04. The van der Waals surface area contributed by atoms with Crippen LogP contribution in [-0.4, -0.2) is 18.1 Å². The average molecular weight is 338 g/mol. The molecule has 0 aliphatic rings. The molecule has 5 heteroatoms. The first-order valence-corrected chi connectivity index (χ1v) is 6.73. The molecule has 0 saturated heterocycles. The quantitative estimate of drug-likeness (QED) is 0.904. The second-order valence-corrected chi connectivity index (χ2v) is 5.26. The van der Waals surface area contributed by atoms with Gasteiger partial charge in [-0.1, -0.05) is 12.1 Å². The van der Waals surface area contributed by atoms with E-state index in [0.29, 0.717) is 5.69 Å². The topological polar surface area (TPSA) is 40.5 Å². The van der Waals surface area contributed by atoms with E-state index in [0.717, 1.165) is 11.3 Å². The zero-order valence-corrected chi connectivity index (χ0v) is 12.6. The van der Waals surface area contributed by atoms with Crippen LogP contribution in [0.1, 0.15) is 15.9 Å². The van der Waals surface area contributed by atoms with E-state index in [1.54, 1.807) is 11.9 Å². The van der Waals surface area contributed by atoms with Gasteiger partial charge in [-0.25, -0.2) is 9.18 Å². The number of benzene rings is 2. The highest BCUT2D eigenvalue weighted by Crippen LogP contribution is 2.32. The van der Waals surface area contributed by atoms with Crippen molar-refractivity contribution in [1.29, 1.82) is 0 Å². The van der Waals surface area contributed by atoms with Crippen molar-refractivity contribution < 1.29 is 14.3 Å². The number of aromatic carboxylic acids is 1. The minimum absolute atomic E-state index is 0.0398. The van der Waals surface area contributed by atoms with Crippen LogP contribution in [0.2, 0.25) is 0 Å². The first kappa shape index (κ1) is 14.5. The maximum atomic E-state index is 14.3. The van der Waals surface area contributed by atoms with Crippen molar-refractivity contribution in [1.82, 2.24) is 0 Å². The van der Waals surface area contributed by atoms with E-state index in [4.69, 9.17) is 5.11 Å². The van der Waals surface area contributed by atoms with E-state index >= 15 is 0 Å². The molecule has 0 aliphatic carbocycles. The van der Waals surface area contributed by atoms with Crippen molar-refractivity contribution in [3.05, 3.63) is 57.8 Å². The second-order valence-electron chi connectivity index (χ2n) is 4.46. The van der Waals surface area contributed by atoms with E-state index in [1.165, 1.54) is 12.1 Å². The fraction of sp³-hybridized carbons (Fsp3) is 0.133. The number of nitrogens with zero attached hydrogens (tertiary/aromatic N) is 1. The molecule has 20 heavy (non-hydrogen) atoms. The Labute approximate surface area is 124 Å². The lowest BCUT2D eigenvalue weighted by Crippen LogP contribution is -2.13. The predicted octanol–water partition coefficient (Wildman–Crippen LogP) is 4.36. The van der Waals surface area contributed by atoms with Crippen LogP contribution in [0.25, 0.3) is 0 Å². The van der Waals surface area contributed by atoms with Gasteiger partial charge in [-0.3, -0.25) is 0 Å². The van der Waals surface area contributed by atoms with E-state index in [1.807, 2.05) is 31.2 Å². The summed E-state index contributed by atoms with van der Waals surface area (Å²) in [5, 5.41) is 8.96. The SMILES string of the molecule is Cc1cccc(N(C)c2ccc(C(=O)O)c(Br)c2F)c1. The highest BCUT2D eigenvalue weighted by molar-refractivity contribution is 9.10. The maximum absolute atomic E-state index is 14.3. The number of carboxylic acid groups (broad SMARTS) is 1. The predicted molar refractivity (Wildman–Crippen MR) is 80.3 cm³/mol. The van der Waals surface area contributed by atoms with Crippen molar-refractivity contribution >= 4 is 33.3 Å². The highest BCUT2D eigenvalue weighted by Gasteiger charge is 2.18. The summed E-state index contributed by atoms with van der Waals surface area (Å²) in [6.45, 7) is 1.96. The number of aryl methyl sites for hydroxylation is 1. The summed E-state index contributed by atoms with van der Waals surface area (Å²) in [5.74, 6) is -1.76. The molecule has 0 heterocycles. The normalized spacial score (nSPS) is 10.4. The van der Waals surface area contributed by atoms with Crippen molar-refractivity contribution in [2.75, 3.05) is 11.9 Å². The smallest absolute Gasteiger partial charge is 0.336 e. The largest absolute Gasteiger partial charge is 0.478 e. The summed E-state index contributed by atoms with van der Waals surface area (Å²) in [4.78, 5) is 12.6. The van der Waals surface area contributed by atoms with Crippen molar-refractivity contribution in [3.8, 4) is 0 Å². The van der Waals surface area contributed by atoms with Gasteiger partial charge in [0.05, 0.1) is 15.7 Å². The van der Waals surface area contributed by atoms with Crippen LogP contribution in [0.5, 0.6) is 0 Å². The Morgan fingerprint density at radius 2 is 2.00 bits per heavy atom. The van der Waals surface area contributed by atoms with Crippen LogP contribution >= 0.6 is 15.9 Å². The minimum atomic E-state index is -1.17. The number of carboxylic acids is 1. The molecule has 0 atom stereocenters. The molecule has 0 radical (unpaired) electrons. The average Bonchev–Trinajstić information content (AvgIpc) is 2.40. The summed E-state index contributed by atoms with van der Waals surface area (Å²) in [6, 6.07) is 10.5. The zero-order valence-electron chi connectivity index (χ0n) is 11.0. The van der Waals surface area contributed by atoms with Crippen LogP contribution in [0, 0.1) is 12.7 Å². The summed E-state index contributed by atoms with van der Waals surface area (Å²) in [7, 11) is 1.74. The molecule has 2 aromatic carbocycles. The minimum Gasteiger partial charge on any atom is -0.478 e. The first-order valence-electron chi connectivity index (χ1n) is 5.93. The van der Waals surface area contributed by atoms with E-state index < -0.39 is 11.8 Å². The number of hydrogen-bond donors (Lipinski definition) is 1. The fourth-order valence-electron chi connectivity index (χ4n) is 1.94. The lowest BCUT2D eigenvalue weighted by molar-refractivity contribution is 0.0695. The van der Waals surface area contributed by atoms with Crippen molar-refractivity contribution in [3.63, 3.8) is 0 Å². The van der Waals surface area contributed by atoms with Crippen LogP contribution in [0.4, 0.5) is 15.8 Å². The molecular formula is C15H13BrFNO2. The maximum Gasteiger partial charge on any atom is 0.336 e. The third kappa shape index (κ3) is 2.67. The number of rotatable bonds is 3. The van der Waals surface area contributed by atoms with Gasteiger partial charge in [-0.05, 0) is 52.7 Å². The molecular weight excluding hydrogens is 325 g/mol. The standard InChI is InChI=1S/C15H13BrFNO2/c1-9-4-3-5-10(8-9)18(2)12-7-6-11(15(19)20)13(16)14(12)17/h3-8H,1-2H3,(H,19,20). The zero-order chi connectivity index (χ0) is 14.9. The lowest BCUT2D eigenvalue weighted by Gasteiger charge is -2.21. The molecule has 0 fully saturated rings. The molecule has 104 valence electrons. The van der Waals surface area contributed by atoms with Crippen LogP contribution in [0.15, 0.2) is 40.9 Å². The molecule has 0 aliphatic heterocycles. The molecule has 0 amide bonds. The Morgan fingerprint density at radius 1 is 1.30 bits per heavy atom. The van der Waals surface area contributed by atoms with Gasteiger partial charge in [-0.15, -0.1) is 0 Å². The Hall–Kier alpha value is -1.88. The first-order chi connectivity index (χ1) is 9.41. The fourth-order valence-corrected chi connectivity index (χ4v) is 2.44. The Morgan fingerprint density at radius 3 is 2.60 bits per heavy atom. The Balaban J connectivity index is 2.48. The van der Waals surface area contributed by atoms with Gasteiger partial charge in [0.2, 0.25) is 0 Å². The van der Waals surface area contributed by atoms with Crippen molar-refractivity contribution in [2.24, 2.45) is 0 Å². The molecule has 3 nitrogen and oxygen atoms in total. The van der Waals surface area contributed by atoms with Gasteiger partial charge in [0, 0.05) is 12.7 Å². The number of hydrogen-bond acceptors (Lipinski definition) is 2. The van der Waals surface area contributed by atoms with Crippen LogP contribution < -0.4 is 4.90 Å². The van der Waals surface area contributed by atoms with Crippen LogP contribution in [0.3, 0.4) is 0 Å². The molecule has 1 N–H and O–H groups in total. The van der Waals surface area contributed by atoms with Crippen LogP contribution in [-0.2, 0) is 0 Å². The second kappa shape index (κ2) is 5.63. The van der Waals surface area contributed by atoms with Gasteiger partial charge >= 0.3 is 5.97 Å². The van der Waals surface area contributed by atoms with E-state index in [2.05, 4.69) is 15.9 Å². The number of carbonyl (C=O) groups is 1. The Bertz CT molecular complexity index is 673. The van der Waals surface area contributed by atoms with E-state index in [-0.39, 0.29) is 10.0 Å². The molecule has 0 spiro atoms. The van der Waals surface area contributed by atoms with Crippen molar-refractivity contribution in [2.45, 2.75) is 6.92 Å². The van der Waals surface area contributed by atoms with Gasteiger partial charge in [-0.2, -0.15) is 0 Å². The molecule has 0 saturated carbocycles. The summed E-state index contributed by atoms with van der Waals surface area (Å²) >= 11 is 3.00. The monoisotopic (exact) mass is 337 g/mol. The van der Waals surface area contributed by atoms with E-state index in [9.17, 15) is 9.18 Å². The Kier molecular flexibility index (Phi) is 4.09. The van der Waals surface area contributed by atoms with Gasteiger partial charge in [0.25, 0.3) is 0 Å². The number of halogens is 2. The van der Waals surface area contributed by atoms with Gasteiger partial charge < -0.3 is 10.0 Å². The molecule has 2 rings (SSSR count). The van der Waals surface area contributed by atoms with Gasteiger partial charge in [0.15, 0.2) is 5.82 Å². The highest BCUT2D eigenvalue weighted by atomic mass is 79.9. The number of anilines is 2. The van der Waals surface area contributed by atoms with Gasteiger partial charge in [0.1, 0.15) is 0 Å². The molecule has 2 aromatic rings. The lowest BCUT2D eigenvalue weighted by atomic mass is 10.1. The summed E-state index contributed by atoms with van der Waals surface area (Å²) in [6.07, 6.45) is 0.